The molecule has 21 heavy (non-hydrogen) atoms. The molecular weight excluding hydrogens is 278 g/mol. The fourth-order valence-electron chi connectivity index (χ4n) is 2.55. The smallest absolute Gasteiger partial charge is 0.270 e. The van der Waals surface area contributed by atoms with E-state index in [0.717, 1.165) is 13.0 Å². The molecule has 1 aromatic rings. The maximum absolute atomic E-state index is 12.2. The van der Waals surface area contributed by atoms with Crippen molar-refractivity contribution in [2.75, 3.05) is 0 Å². The molecule has 0 bridgehead atoms. The average Bonchev–Trinajstić information content (AvgIpc) is 2.63. The fraction of sp³-hybridized carbons (Fsp3) is 0.214. The minimum absolute atomic E-state index is 0.0886. The van der Waals surface area contributed by atoms with Gasteiger partial charge in [0.1, 0.15) is 11.5 Å². The summed E-state index contributed by atoms with van der Waals surface area (Å²) in [4.78, 5) is 36.4. The quantitative estimate of drug-likeness (QED) is 0.622. The van der Waals surface area contributed by atoms with Gasteiger partial charge in [0.2, 0.25) is 11.6 Å². The predicted molar refractivity (Wildman–Crippen MR) is 69.4 cm³/mol. The third-order valence-electron chi connectivity index (χ3n) is 3.63. The molecule has 7 nitrogen and oxygen atoms in total. The monoisotopic (exact) mass is 289 g/mol. The largest absolute Gasteiger partial charge is 0.507 e. The summed E-state index contributed by atoms with van der Waals surface area (Å²) in [5, 5.41) is 20.1. The lowest BCUT2D eigenvalue weighted by atomic mass is 9.84. The van der Waals surface area contributed by atoms with E-state index in [2.05, 4.69) is 0 Å². The van der Waals surface area contributed by atoms with Gasteiger partial charge in [-0.1, -0.05) is 0 Å². The minimum atomic E-state index is -2.15. The topological polar surface area (TPSA) is 127 Å². The Morgan fingerprint density at radius 2 is 1.81 bits per heavy atom. The molecule has 1 aromatic carbocycles. The predicted octanol–water partition coefficient (Wildman–Crippen LogP) is 0.206. The lowest BCUT2D eigenvalue weighted by Gasteiger charge is -2.18. The van der Waals surface area contributed by atoms with Gasteiger partial charge >= 0.3 is 0 Å². The van der Waals surface area contributed by atoms with Crippen LogP contribution in [-0.2, 0) is 0 Å². The van der Waals surface area contributed by atoms with Gasteiger partial charge in [-0.25, -0.2) is 0 Å². The van der Waals surface area contributed by atoms with Crippen LogP contribution in [0, 0.1) is 6.92 Å². The Kier molecular flexibility index (Phi) is 2.35. The van der Waals surface area contributed by atoms with E-state index in [4.69, 9.17) is 10.5 Å². The summed E-state index contributed by atoms with van der Waals surface area (Å²) in [5.41, 5.74) is 4.41. The number of benzene rings is 1. The van der Waals surface area contributed by atoms with E-state index in [1.807, 2.05) is 0 Å². The first-order valence-corrected chi connectivity index (χ1v) is 6.08. The number of aliphatic hydroxyl groups is 1. The average molecular weight is 289 g/mol. The first kappa shape index (κ1) is 13.3. The molecule has 0 saturated carbocycles. The summed E-state index contributed by atoms with van der Waals surface area (Å²) < 4.78 is 5.13. The second kappa shape index (κ2) is 3.70. The summed E-state index contributed by atoms with van der Waals surface area (Å²) in [7, 11) is 0. The van der Waals surface area contributed by atoms with E-state index < -0.39 is 28.9 Å². The van der Waals surface area contributed by atoms with Crippen molar-refractivity contribution in [1.82, 2.24) is 0 Å². The van der Waals surface area contributed by atoms with Gasteiger partial charge in [-0.2, -0.15) is 0 Å². The number of Topliss-reactive ketones (excluding diaryl/α,β-unsaturated/α-hetero) is 2. The summed E-state index contributed by atoms with van der Waals surface area (Å²) in [6, 6.07) is 0. The number of ether oxygens (including phenoxy) is 1. The van der Waals surface area contributed by atoms with Crippen molar-refractivity contribution in [2.24, 2.45) is 5.73 Å². The molecule has 1 atom stereocenters. The Morgan fingerprint density at radius 3 is 2.43 bits per heavy atom. The van der Waals surface area contributed by atoms with Crippen LogP contribution in [0.2, 0.25) is 0 Å². The number of phenolic OH excluding ortho intramolecular Hbond substituents is 1. The first-order valence-electron chi connectivity index (χ1n) is 6.08. The van der Waals surface area contributed by atoms with E-state index in [0.29, 0.717) is 0 Å². The van der Waals surface area contributed by atoms with E-state index in [1.54, 1.807) is 0 Å². The van der Waals surface area contributed by atoms with E-state index in [9.17, 15) is 24.6 Å². The molecule has 1 aliphatic heterocycles. The van der Waals surface area contributed by atoms with Gasteiger partial charge in [-0.3, -0.25) is 14.4 Å². The van der Waals surface area contributed by atoms with Crippen molar-refractivity contribution >= 4 is 17.3 Å². The highest BCUT2D eigenvalue weighted by molar-refractivity contribution is 6.30. The summed E-state index contributed by atoms with van der Waals surface area (Å²) >= 11 is 0. The summed E-state index contributed by atoms with van der Waals surface area (Å²) in [5.74, 6) is -5.01. The molecule has 2 aliphatic rings. The molecule has 0 spiro atoms. The lowest BCUT2D eigenvalue weighted by molar-refractivity contribution is -0.0752. The molecule has 0 radical (unpaired) electrons. The van der Waals surface area contributed by atoms with Gasteiger partial charge in [-0.15, -0.1) is 0 Å². The molecular formula is C14H11NO6. The van der Waals surface area contributed by atoms with Crippen LogP contribution in [0.4, 0.5) is 0 Å². The zero-order chi connectivity index (χ0) is 15.7. The van der Waals surface area contributed by atoms with Crippen LogP contribution in [0.1, 0.15) is 43.6 Å². The number of aromatic hydroxyl groups is 1. The number of hydrogen-bond acceptors (Lipinski definition) is 7. The molecule has 0 aromatic heterocycles. The molecule has 0 fully saturated rings. The summed E-state index contributed by atoms with van der Waals surface area (Å²) in [6.45, 7) is 2.53. The maximum atomic E-state index is 12.2. The zero-order valence-corrected chi connectivity index (χ0v) is 11.2. The number of carbonyl (C=O) groups excluding carboxylic acids is 3. The van der Waals surface area contributed by atoms with Crippen LogP contribution in [0.3, 0.4) is 0 Å². The number of nitrogens with two attached hydrogens (primary N) is 1. The van der Waals surface area contributed by atoms with Crippen LogP contribution in [0.25, 0.3) is 0 Å². The third-order valence-corrected chi connectivity index (χ3v) is 3.63. The Balaban J connectivity index is 2.46. The number of fused-ring (bicyclic) bond motifs is 3. The molecule has 3 rings (SSSR count). The normalized spacial score (nSPS) is 23.6. The molecule has 4 N–H and O–H groups in total. The SMILES string of the molecule is Cc1c(O)c2c(c3c1OC(C)(O)C3=O)C(=O)C=C(N)C2=O. The lowest BCUT2D eigenvalue weighted by Crippen LogP contribution is -2.36. The van der Waals surface area contributed by atoms with Crippen molar-refractivity contribution in [1.29, 1.82) is 0 Å². The highest BCUT2D eigenvalue weighted by Crippen LogP contribution is 2.46. The van der Waals surface area contributed by atoms with Crippen LogP contribution in [-0.4, -0.2) is 33.3 Å². The Labute approximate surface area is 118 Å². The van der Waals surface area contributed by atoms with Gasteiger partial charge in [0.15, 0.2) is 5.78 Å². The molecule has 108 valence electrons. The van der Waals surface area contributed by atoms with Crippen molar-refractivity contribution in [2.45, 2.75) is 19.6 Å². The summed E-state index contributed by atoms with van der Waals surface area (Å²) in [6.07, 6.45) is 0.889. The van der Waals surface area contributed by atoms with Crippen LogP contribution >= 0.6 is 0 Å². The van der Waals surface area contributed by atoms with E-state index in [1.165, 1.54) is 6.92 Å². The van der Waals surface area contributed by atoms with Crippen molar-refractivity contribution < 1.29 is 29.3 Å². The maximum Gasteiger partial charge on any atom is 0.270 e. The first-order chi connectivity index (χ1) is 9.66. The van der Waals surface area contributed by atoms with Gasteiger partial charge in [0.05, 0.1) is 22.4 Å². The second-order valence-electron chi connectivity index (χ2n) is 5.13. The van der Waals surface area contributed by atoms with Crippen molar-refractivity contribution in [3.05, 3.63) is 34.0 Å². The number of phenols is 1. The Morgan fingerprint density at radius 1 is 1.19 bits per heavy atom. The Bertz CT molecular complexity index is 787. The molecule has 1 heterocycles. The zero-order valence-electron chi connectivity index (χ0n) is 11.2. The van der Waals surface area contributed by atoms with E-state index in [-0.39, 0.29) is 33.7 Å². The number of ketones is 3. The standard InChI is InChI=1S/C14H11NO6/c1-4-10(17)8-7(6(16)3-5(15)11(8)18)9-12(4)21-14(2,20)13(9)19/h3,17,20H,15H2,1-2H3. The molecule has 0 amide bonds. The second-order valence-corrected chi connectivity index (χ2v) is 5.13. The van der Waals surface area contributed by atoms with Crippen LogP contribution < -0.4 is 10.5 Å². The highest BCUT2D eigenvalue weighted by atomic mass is 16.6. The molecule has 0 saturated heterocycles. The third kappa shape index (κ3) is 1.49. The molecule has 1 aliphatic carbocycles. The van der Waals surface area contributed by atoms with Gasteiger partial charge < -0.3 is 20.7 Å². The number of hydrogen-bond donors (Lipinski definition) is 3. The number of carbonyl (C=O) groups is 3. The Hall–Kier alpha value is -2.67. The van der Waals surface area contributed by atoms with Crippen LogP contribution in [0.5, 0.6) is 11.5 Å². The number of rotatable bonds is 0. The number of allylic oxidation sites excluding steroid dienone is 2. The van der Waals surface area contributed by atoms with Gasteiger partial charge in [-0.05, 0) is 6.92 Å². The van der Waals surface area contributed by atoms with E-state index >= 15 is 0 Å². The van der Waals surface area contributed by atoms with Crippen molar-refractivity contribution in [3.8, 4) is 11.5 Å². The van der Waals surface area contributed by atoms with Crippen molar-refractivity contribution in [3.63, 3.8) is 0 Å². The van der Waals surface area contributed by atoms with Gasteiger partial charge in [0.25, 0.3) is 5.79 Å². The fourth-order valence-corrected chi connectivity index (χ4v) is 2.55. The molecule has 1 unspecified atom stereocenters. The minimum Gasteiger partial charge on any atom is -0.507 e. The molecule has 7 heteroatoms. The van der Waals surface area contributed by atoms with Crippen LogP contribution in [0.15, 0.2) is 11.8 Å². The van der Waals surface area contributed by atoms with Gasteiger partial charge in [0, 0.05) is 18.6 Å². The highest BCUT2D eigenvalue weighted by Gasteiger charge is 2.48.